The molecule has 3 rings (SSSR count). The molecule has 1 aliphatic heterocycles. The van der Waals surface area contributed by atoms with Crippen molar-refractivity contribution in [3.8, 4) is 10.6 Å². The van der Waals surface area contributed by atoms with Gasteiger partial charge in [0.15, 0.2) is 0 Å². The van der Waals surface area contributed by atoms with E-state index in [1.807, 2.05) is 0 Å². The van der Waals surface area contributed by atoms with E-state index in [-0.39, 0.29) is 0 Å². The van der Waals surface area contributed by atoms with Gasteiger partial charge in [0, 0.05) is 36.6 Å². The first kappa shape index (κ1) is 14.7. The molecule has 2 aromatic rings. The van der Waals surface area contributed by atoms with Crippen LogP contribution in [0.4, 0.5) is 0 Å². The molecule has 0 amide bonds. The highest BCUT2D eigenvalue weighted by Crippen LogP contribution is 2.25. The summed E-state index contributed by atoms with van der Waals surface area (Å²) in [7, 11) is 0. The smallest absolute Gasteiger partial charge is 0.123 e. The third-order valence-corrected chi connectivity index (χ3v) is 4.94. The summed E-state index contributed by atoms with van der Waals surface area (Å²) in [5.41, 5.74) is 9.78. The summed E-state index contributed by atoms with van der Waals surface area (Å²) in [5, 5.41) is 3.29. The average molecular weight is 301 g/mol. The normalized spacial score (nSPS) is 23.4. The van der Waals surface area contributed by atoms with E-state index in [0.29, 0.717) is 12.0 Å². The van der Waals surface area contributed by atoms with Gasteiger partial charge in [-0.05, 0) is 19.3 Å². The van der Waals surface area contributed by atoms with Crippen molar-refractivity contribution < 1.29 is 0 Å². The van der Waals surface area contributed by atoms with Gasteiger partial charge < -0.3 is 5.73 Å². The lowest BCUT2D eigenvalue weighted by Gasteiger charge is -2.34. The summed E-state index contributed by atoms with van der Waals surface area (Å²) in [6.07, 6.45) is 1.14. The van der Waals surface area contributed by atoms with E-state index in [9.17, 15) is 0 Å². The van der Waals surface area contributed by atoms with Gasteiger partial charge in [0.1, 0.15) is 5.01 Å². The number of nitrogens with two attached hydrogens (primary N) is 1. The first-order valence-electron chi connectivity index (χ1n) is 7.59. The molecule has 2 N–H and O–H groups in total. The van der Waals surface area contributed by atoms with E-state index in [1.54, 1.807) is 11.3 Å². The molecule has 21 heavy (non-hydrogen) atoms. The lowest BCUT2D eigenvalue weighted by Crippen LogP contribution is -2.45. The zero-order valence-electron chi connectivity index (χ0n) is 12.7. The van der Waals surface area contributed by atoms with Gasteiger partial charge in [-0.3, -0.25) is 4.90 Å². The van der Waals surface area contributed by atoms with Crippen LogP contribution in [0.3, 0.4) is 0 Å². The highest BCUT2D eigenvalue weighted by atomic mass is 32.1. The van der Waals surface area contributed by atoms with Gasteiger partial charge in [-0.2, -0.15) is 0 Å². The second-order valence-corrected chi connectivity index (χ2v) is 7.16. The highest BCUT2D eigenvalue weighted by molar-refractivity contribution is 7.13. The fourth-order valence-corrected chi connectivity index (χ4v) is 3.90. The van der Waals surface area contributed by atoms with Crippen LogP contribution in [0.1, 0.15) is 24.6 Å². The number of benzene rings is 1. The number of nitrogens with zero attached hydrogens (tertiary/aromatic N) is 2. The largest absolute Gasteiger partial charge is 0.327 e. The molecule has 1 aromatic heterocycles. The van der Waals surface area contributed by atoms with Crippen LogP contribution < -0.4 is 5.73 Å². The predicted molar refractivity (Wildman–Crippen MR) is 89.3 cm³/mol. The molecule has 112 valence electrons. The lowest BCUT2D eigenvalue weighted by molar-refractivity contribution is 0.157. The van der Waals surface area contributed by atoms with Gasteiger partial charge >= 0.3 is 0 Å². The Morgan fingerprint density at radius 3 is 2.76 bits per heavy atom. The van der Waals surface area contributed by atoms with Crippen LogP contribution in [0.25, 0.3) is 10.6 Å². The van der Waals surface area contributed by atoms with E-state index in [4.69, 9.17) is 10.7 Å². The number of hydrogen-bond acceptors (Lipinski definition) is 4. The van der Waals surface area contributed by atoms with Gasteiger partial charge in [-0.15, -0.1) is 11.3 Å². The van der Waals surface area contributed by atoms with Gasteiger partial charge in [0.25, 0.3) is 0 Å². The summed E-state index contributed by atoms with van der Waals surface area (Å²) < 4.78 is 0. The molecule has 3 nitrogen and oxygen atoms in total. The second-order valence-electron chi connectivity index (χ2n) is 6.31. The Balaban J connectivity index is 1.69. The first-order valence-corrected chi connectivity index (χ1v) is 8.47. The van der Waals surface area contributed by atoms with Crippen molar-refractivity contribution in [3.05, 3.63) is 40.9 Å². The Bertz CT molecular complexity index is 580. The molecule has 0 aliphatic carbocycles. The van der Waals surface area contributed by atoms with Crippen molar-refractivity contribution in [1.82, 2.24) is 9.88 Å². The van der Waals surface area contributed by atoms with Gasteiger partial charge in [0.05, 0.1) is 5.69 Å². The molecule has 1 aromatic carbocycles. The van der Waals surface area contributed by atoms with Crippen molar-refractivity contribution in [2.45, 2.75) is 32.9 Å². The molecule has 0 bridgehead atoms. The average Bonchev–Trinajstić information content (AvgIpc) is 2.87. The Morgan fingerprint density at radius 1 is 1.29 bits per heavy atom. The van der Waals surface area contributed by atoms with Crippen molar-refractivity contribution in [1.29, 1.82) is 0 Å². The Morgan fingerprint density at radius 2 is 2.05 bits per heavy atom. The van der Waals surface area contributed by atoms with Crippen LogP contribution in [-0.2, 0) is 6.54 Å². The van der Waals surface area contributed by atoms with E-state index in [2.05, 4.69) is 48.4 Å². The molecular formula is C17H23N3S. The molecular weight excluding hydrogens is 278 g/mol. The maximum atomic E-state index is 6.12. The van der Waals surface area contributed by atoms with E-state index >= 15 is 0 Å². The van der Waals surface area contributed by atoms with Crippen molar-refractivity contribution in [2.75, 3.05) is 13.1 Å². The standard InChI is InChI=1S/C17H23N3S/c1-12-3-5-14(6-4-12)17-19-16(11-21-17)10-20-8-13(2)7-15(18)9-20/h3-6,11,13,15H,7-10,18H2,1-2H3. The summed E-state index contributed by atoms with van der Waals surface area (Å²) >= 11 is 1.73. The van der Waals surface area contributed by atoms with Crippen LogP contribution >= 0.6 is 11.3 Å². The van der Waals surface area contributed by atoms with Gasteiger partial charge in [-0.1, -0.05) is 36.8 Å². The maximum Gasteiger partial charge on any atom is 0.123 e. The molecule has 1 saturated heterocycles. The molecule has 2 unspecified atom stereocenters. The monoisotopic (exact) mass is 301 g/mol. The number of aromatic nitrogens is 1. The minimum atomic E-state index is 0.309. The first-order chi connectivity index (χ1) is 10.1. The third kappa shape index (κ3) is 3.70. The van der Waals surface area contributed by atoms with Gasteiger partial charge in [-0.25, -0.2) is 4.98 Å². The molecule has 0 spiro atoms. The van der Waals surface area contributed by atoms with E-state index in [0.717, 1.165) is 36.8 Å². The summed E-state index contributed by atoms with van der Waals surface area (Å²) in [4.78, 5) is 7.23. The third-order valence-electron chi connectivity index (χ3n) is 4.00. The van der Waals surface area contributed by atoms with Crippen LogP contribution in [0.5, 0.6) is 0 Å². The minimum Gasteiger partial charge on any atom is -0.327 e. The van der Waals surface area contributed by atoms with Crippen LogP contribution in [-0.4, -0.2) is 29.0 Å². The van der Waals surface area contributed by atoms with Crippen molar-refractivity contribution in [2.24, 2.45) is 11.7 Å². The number of likely N-dealkylation sites (tertiary alicyclic amines) is 1. The molecule has 2 heterocycles. The molecule has 1 fully saturated rings. The zero-order valence-corrected chi connectivity index (χ0v) is 13.6. The van der Waals surface area contributed by atoms with E-state index in [1.165, 1.54) is 11.1 Å². The predicted octanol–water partition coefficient (Wildman–Crippen LogP) is 3.29. The lowest BCUT2D eigenvalue weighted by atomic mass is 9.96. The fraction of sp³-hybridized carbons (Fsp3) is 0.471. The quantitative estimate of drug-likeness (QED) is 0.946. The molecule has 4 heteroatoms. The number of hydrogen-bond donors (Lipinski definition) is 1. The maximum absolute atomic E-state index is 6.12. The van der Waals surface area contributed by atoms with Crippen molar-refractivity contribution >= 4 is 11.3 Å². The highest BCUT2D eigenvalue weighted by Gasteiger charge is 2.22. The minimum absolute atomic E-state index is 0.309. The second kappa shape index (κ2) is 6.26. The van der Waals surface area contributed by atoms with Crippen LogP contribution in [0, 0.1) is 12.8 Å². The zero-order chi connectivity index (χ0) is 14.8. The van der Waals surface area contributed by atoms with Crippen molar-refractivity contribution in [3.63, 3.8) is 0 Å². The topological polar surface area (TPSA) is 42.2 Å². The Hall–Kier alpha value is -1.23. The number of piperidine rings is 1. The van der Waals surface area contributed by atoms with Crippen LogP contribution in [0.2, 0.25) is 0 Å². The number of rotatable bonds is 3. The van der Waals surface area contributed by atoms with Crippen LogP contribution in [0.15, 0.2) is 29.6 Å². The summed E-state index contributed by atoms with van der Waals surface area (Å²) in [6.45, 7) is 7.43. The molecule has 0 saturated carbocycles. The van der Waals surface area contributed by atoms with Gasteiger partial charge in [0.2, 0.25) is 0 Å². The molecule has 2 atom stereocenters. The Labute approximate surface area is 130 Å². The summed E-state index contributed by atoms with van der Waals surface area (Å²) in [5.74, 6) is 0.684. The fourth-order valence-electron chi connectivity index (χ4n) is 3.08. The number of aryl methyl sites for hydroxylation is 1. The number of thiazole rings is 1. The molecule has 1 aliphatic rings. The SMILES string of the molecule is Cc1ccc(-c2nc(CN3CC(C)CC(N)C3)cs2)cc1. The molecule has 0 radical (unpaired) electrons. The summed E-state index contributed by atoms with van der Waals surface area (Å²) in [6, 6.07) is 8.89. The Kier molecular flexibility index (Phi) is 4.38. The van der Waals surface area contributed by atoms with E-state index < -0.39 is 0 Å².